The molecular weight excluding hydrogens is 444 g/mol. The Morgan fingerprint density at radius 1 is 1.21 bits per heavy atom. The molecule has 10 heteroatoms. The molecule has 2 aliphatic heterocycles. The summed E-state index contributed by atoms with van der Waals surface area (Å²) in [5.41, 5.74) is -5.75. The fraction of sp³-hybridized carbons (Fsp3) is 0.522. The SMILES string of the molecule is CC1(C)CC(=O)C2=C(C1)N(C[C@@H]1CCCO1)C(=O)[C@]2(NC(=O)c1ccccc1F)C(F)(F)F. The van der Waals surface area contributed by atoms with Crippen molar-refractivity contribution in [3.8, 4) is 0 Å². The molecule has 0 saturated carbocycles. The number of benzene rings is 1. The molecular formula is C23H24F4N2O4. The zero-order valence-corrected chi connectivity index (χ0v) is 18.2. The number of hydrogen-bond donors (Lipinski definition) is 1. The zero-order valence-electron chi connectivity index (χ0n) is 18.2. The number of carbonyl (C=O) groups excluding carboxylic acids is 3. The van der Waals surface area contributed by atoms with Gasteiger partial charge >= 0.3 is 6.18 Å². The van der Waals surface area contributed by atoms with E-state index in [1.165, 1.54) is 12.1 Å². The van der Waals surface area contributed by atoms with Crippen LogP contribution in [0, 0.1) is 11.2 Å². The van der Waals surface area contributed by atoms with Gasteiger partial charge in [0.1, 0.15) is 5.82 Å². The number of amides is 2. The lowest BCUT2D eigenvalue weighted by molar-refractivity contribution is -0.191. The molecule has 1 aliphatic carbocycles. The maximum atomic E-state index is 14.7. The number of nitrogens with one attached hydrogen (secondary N) is 1. The summed E-state index contributed by atoms with van der Waals surface area (Å²) in [6.07, 6.45) is -4.73. The predicted molar refractivity (Wildman–Crippen MR) is 108 cm³/mol. The van der Waals surface area contributed by atoms with Crippen molar-refractivity contribution in [3.63, 3.8) is 0 Å². The van der Waals surface area contributed by atoms with E-state index >= 15 is 0 Å². The molecule has 1 fully saturated rings. The molecule has 4 rings (SSSR count). The van der Waals surface area contributed by atoms with E-state index in [0.717, 1.165) is 17.0 Å². The molecule has 2 atom stereocenters. The van der Waals surface area contributed by atoms with Crippen molar-refractivity contribution in [2.24, 2.45) is 5.41 Å². The number of allylic oxidation sites excluding steroid dienone is 1. The minimum absolute atomic E-state index is 0.0416. The van der Waals surface area contributed by atoms with Crippen LogP contribution in [-0.2, 0) is 14.3 Å². The van der Waals surface area contributed by atoms with E-state index in [0.29, 0.717) is 19.4 Å². The van der Waals surface area contributed by atoms with Crippen LogP contribution in [-0.4, -0.2) is 53.5 Å². The number of hydrogen-bond acceptors (Lipinski definition) is 4. The summed E-state index contributed by atoms with van der Waals surface area (Å²) in [6, 6.07) is 4.51. The van der Waals surface area contributed by atoms with Gasteiger partial charge in [0.15, 0.2) is 5.78 Å². The highest BCUT2D eigenvalue weighted by Gasteiger charge is 2.71. The average molecular weight is 468 g/mol. The van der Waals surface area contributed by atoms with Crippen molar-refractivity contribution >= 4 is 17.6 Å². The average Bonchev–Trinajstić information content (AvgIpc) is 3.28. The summed E-state index contributed by atoms with van der Waals surface area (Å²) in [7, 11) is 0. The van der Waals surface area contributed by atoms with Gasteiger partial charge in [-0.2, -0.15) is 13.2 Å². The Hall–Kier alpha value is -2.75. The van der Waals surface area contributed by atoms with Gasteiger partial charge in [0.05, 0.1) is 23.8 Å². The lowest BCUT2D eigenvalue weighted by Crippen LogP contribution is -2.66. The van der Waals surface area contributed by atoms with Gasteiger partial charge < -0.3 is 15.0 Å². The van der Waals surface area contributed by atoms with Crippen LogP contribution >= 0.6 is 0 Å². The molecule has 0 aromatic heterocycles. The Kier molecular flexibility index (Phi) is 5.63. The lowest BCUT2D eigenvalue weighted by Gasteiger charge is -2.35. The van der Waals surface area contributed by atoms with Gasteiger partial charge in [-0.15, -0.1) is 0 Å². The smallest absolute Gasteiger partial charge is 0.376 e. The van der Waals surface area contributed by atoms with Gasteiger partial charge in [-0.05, 0) is 36.8 Å². The quantitative estimate of drug-likeness (QED) is 0.687. The summed E-state index contributed by atoms with van der Waals surface area (Å²) in [5.74, 6) is -4.80. The minimum Gasteiger partial charge on any atom is -0.376 e. The lowest BCUT2D eigenvalue weighted by atomic mass is 9.72. The normalized spacial score (nSPS) is 27.2. The van der Waals surface area contributed by atoms with Crippen LogP contribution in [0.4, 0.5) is 17.6 Å². The Morgan fingerprint density at radius 3 is 2.52 bits per heavy atom. The molecule has 6 nitrogen and oxygen atoms in total. The summed E-state index contributed by atoms with van der Waals surface area (Å²) >= 11 is 0. The third kappa shape index (κ3) is 3.84. The third-order valence-corrected chi connectivity index (χ3v) is 6.37. The maximum Gasteiger partial charge on any atom is 0.425 e. The topological polar surface area (TPSA) is 75.7 Å². The van der Waals surface area contributed by atoms with E-state index in [1.54, 1.807) is 19.2 Å². The molecule has 0 radical (unpaired) electrons. The first kappa shape index (κ1) is 23.4. The molecule has 1 saturated heterocycles. The molecule has 0 unspecified atom stereocenters. The monoisotopic (exact) mass is 468 g/mol. The second kappa shape index (κ2) is 7.93. The summed E-state index contributed by atoms with van der Waals surface area (Å²) < 4.78 is 63.8. The zero-order chi connectivity index (χ0) is 24.2. The molecule has 1 aromatic carbocycles. The Bertz CT molecular complexity index is 1040. The van der Waals surface area contributed by atoms with Crippen molar-refractivity contribution in [2.75, 3.05) is 13.2 Å². The van der Waals surface area contributed by atoms with Gasteiger partial charge in [0, 0.05) is 18.7 Å². The summed E-state index contributed by atoms with van der Waals surface area (Å²) in [6.45, 7) is 3.73. The number of ketones is 1. The Labute approximate surface area is 187 Å². The molecule has 0 bridgehead atoms. The van der Waals surface area contributed by atoms with E-state index in [9.17, 15) is 31.9 Å². The van der Waals surface area contributed by atoms with Crippen molar-refractivity contribution in [1.82, 2.24) is 10.2 Å². The van der Waals surface area contributed by atoms with Crippen molar-refractivity contribution in [2.45, 2.75) is 57.3 Å². The summed E-state index contributed by atoms with van der Waals surface area (Å²) in [4.78, 5) is 40.3. The minimum atomic E-state index is -5.34. The number of halogens is 4. The van der Waals surface area contributed by atoms with Crippen LogP contribution in [0.5, 0.6) is 0 Å². The number of rotatable bonds is 4. The van der Waals surface area contributed by atoms with E-state index in [4.69, 9.17) is 4.74 Å². The van der Waals surface area contributed by atoms with Gasteiger partial charge in [-0.25, -0.2) is 4.39 Å². The number of alkyl halides is 3. The number of carbonyl (C=O) groups is 3. The van der Waals surface area contributed by atoms with Crippen LogP contribution in [0.25, 0.3) is 0 Å². The number of ether oxygens (including phenoxy) is 1. The maximum absolute atomic E-state index is 14.7. The van der Waals surface area contributed by atoms with Gasteiger partial charge in [0.2, 0.25) is 5.54 Å². The molecule has 3 aliphatic rings. The second-order valence-electron chi connectivity index (χ2n) is 9.50. The Balaban J connectivity index is 1.85. The fourth-order valence-corrected chi connectivity index (χ4v) is 4.89. The standard InChI is InChI=1S/C23H24F4N2O4/c1-21(2)10-16-18(17(30)11-21)22(23(25,26)27,20(32)29(16)12-13-6-5-9-33-13)28-19(31)14-7-3-4-8-15(14)24/h3-4,7-8,13H,5-6,9-12H2,1-2H3,(H,28,31)/t13-,22-/m0/s1. The van der Waals surface area contributed by atoms with Gasteiger partial charge in [-0.1, -0.05) is 26.0 Å². The highest BCUT2D eigenvalue weighted by molar-refractivity contribution is 6.14. The predicted octanol–water partition coefficient (Wildman–Crippen LogP) is 3.52. The van der Waals surface area contributed by atoms with E-state index in [-0.39, 0.29) is 25.1 Å². The van der Waals surface area contributed by atoms with Crippen molar-refractivity contribution in [1.29, 1.82) is 0 Å². The molecule has 0 spiro atoms. The molecule has 1 aromatic rings. The first-order valence-electron chi connectivity index (χ1n) is 10.7. The largest absolute Gasteiger partial charge is 0.425 e. The van der Waals surface area contributed by atoms with Crippen molar-refractivity contribution in [3.05, 3.63) is 46.9 Å². The van der Waals surface area contributed by atoms with Crippen LogP contribution in [0.2, 0.25) is 0 Å². The highest BCUT2D eigenvalue weighted by Crippen LogP contribution is 2.52. The molecule has 33 heavy (non-hydrogen) atoms. The molecule has 2 heterocycles. The highest BCUT2D eigenvalue weighted by atomic mass is 19.4. The first-order valence-corrected chi connectivity index (χ1v) is 10.7. The van der Waals surface area contributed by atoms with Crippen molar-refractivity contribution < 1.29 is 36.7 Å². The van der Waals surface area contributed by atoms with Crippen LogP contribution in [0.15, 0.2) is 35.5 Å². The molecule has 178 valence electrons. The van der Waals surface area contributed by atoms with Crippen LogP contribution in [0.1, 0.15) is 49.9 Å². The number of Topliss-reactive ketones (excluding diaryl/α,β-unsaturated/α-hetero) is 1. The van der Waals surface area contributed by atoms with E-state index in [1.807, 2.05) is 0 Å². The van der Waals surface area contributed by atoms with E-state index in [2.05, 4.69) is 0 Å². The second-order valence-corrected chi connectivity index (χ2v) is 9.50. The molecule has 1 N–H and O–H groups in total. The van der Waals surface area contributed by atoms with Crippen LogP contribution in [0.3, 0.4) is 0 Å². The Morgan fingerprint density at radius 2 is 1.91 bits per heavy atom. The fourth-order valence-electron chi connectivity index (χ4n) is 4.89. The van der Waals surface area contributed by atoms with E-state index < -0.39 is 57.8 Å². The van der Waals surface area contributed by atoms with Gasteiger partial charge in [0.25, 0.3) is 11.8 Å². The number of nitrogens with zero attached hydrogens (tertiary/aromatic N) is 1. The van der Waals surface area contributed by atoms with Crippen LogP contribution < -0.4 is 5.32 Å². The van der Waals surface area contributed by atoms with Gasteiger partial charge in [-0.3, -0.25) is 14.4 Å². The first-order chi connectivity index (χ1) is 15.4. The third-order valence-electron chi connectivity index (χ3n) is 6.37. The molecule has 2 amide bonds. The summed E-state index contributed by atoms with van der Waals surface area (Å²) in [5, 5.41) is 1.74.